The van der Waals surface area contributed by atoms with Crippen LogP contribution in [0.5, 0.6) is 0 Å². The number of halogens is 1. The molecule has 6 heteroatoms. The molecule has 0 aliphatic carbocycles. The molecule has 0 saturated heterocycles. The number of nitro benzene ring substituents is 1. The predicted molar refractivity (Wildman–Crippen MR) is 84.9 cm³/mol. The second-order valence-corrected chi connectivity index (χ2v) is 5.47. The van der Waals surface area contributed by atoms with Gasteiger partial charge in [0.05, 0.1) is 4.92 Å². The van der Waals surface area contributed by atoms with E-state index in [1.165, 1.54) is 18.2 Å². The van der Waals surface area contributed by atoms with Crippen molar-refractivity contribution in [3.8, 4) is 0 Å². The van der Waals surface area contributed by atoms with Gasteiger partial charge in [-0.2, -0.15) is 0 Å². The van der Waals surface area contributed by atoms with Crippen LogP contribution < -0.4 is 5.32 Å². The molecular formula is C14H11IN2O3. The normalized spacial score (nSPS) is 10.1. The fourth-order valence-corrected chi connectivity index (χ4v) is 2.32. The van der Waals surface area contributed by atoms with Crippen molar-refractivity contribution in [2.75, 3.05) is 5.32 Å². The van der Waals surface area contributed by atoms with E-state index >= 15 is 0 Å². The quantitative estimate of drug-likeness (QED) is 0.499. The molecule has 0 bridgehead atoms. The summed E-state index contributed by atoms with van der Waals surface area (Å²) in [6.07, 6.45) is 0. The summed E-state index contributed by atoms with van der Waals surface area (Å²) in [5, 5.41) is 13.4. The molecule has 0 fully saturated rings. The van der Waals surface area contributed by atoms with Crippen molar-refractivity contribution in [3.05, 3.63) is 67.3 Å². The summed E-state index contributed by atoms with van der Waals surface area (Å²) >= 11 is 2.16. The molecule has 1 amide bonds. The Hall–Kier alpha value is -1.96. The maximum absolute atomic E-state index is 12.1. The van der Waals surface area contributed by atoms with Crippen LogP contribution >= 0.6 is 22.6 Å². The molecule has 102 valence electrons. The first-order valence-electron chi connectivity index (χ1n) is 5.79. The zero-order valence-electron chi connectivity index (χ0n) is 10.6. The van der Waals surface area contributed by atoms with Crippen LogP contribution in [0.25, 0.3) is 0 Å². The fourth-order valence-electron chi connectivity index (χ4n) is 1.78. The largest absolute Gasteiger partial charge is 0.322 e. The number of nitro groups is 1. The minimum absolute atomic E-state index is 0.0201. The van der Waals surface area contributed by atoms with Crippen molar-refractivity contribution in [1.29, 1.82) is 0 Å². The summed E-state index contributed by atoms with van der Waals surface area (Å²) in [5.41, 5.74) is 1.67. The lowest BCUT2D eigenvalue weighted by Crippen LogP contribution is -2.13. The summed E-state index contributed by atoms with van der Waals surface area (Å²) < 4.78 is 1.01. The topological polar surface area (TPSA) is 72.2 Å². The molecule has 2 aromatic rings. The van der Waals surface area contributed by atoms with Crippen LogP contribution in [0.3, 0.4) is 0 Å². The van der Waals surface area contributed by atoms with E-state index in [0.717, 1.165) is 3.57 Å². The highest BCUT2D eigenvalue weighted by Crippen LogP contribution is 2.19. The number of nitrogens with one attached hydrogen (secondary N) is 1. The average molecular weight is 382 g/mol. The second kappa shape index (κ2) is 6.00. The Morgan fingerprint density at radius 3 is 2.60 bits per heavy atom. The number of hydrogen-bond donors (Lipinski definition) is 1. The van der Waals surface area contributed by atoms with Gasteiger partial charge in [0, 0.05) is 27.0 Å². The fraction of sp³-hybridized carbons (Fsp3) is 0.0714. The summed E-state index contributed by atoms with van der Waals surface area (Å²) in [7, 11) is 0. The number of carbonyl (C=O) groups excluding carboxylic acids is 1. The first kappa shape index (κ1) is 14.4. The zero-order chi connectivity index (χ0) is 14.7. The minimum atomic E-state index is -0.478. The van der Waals surface area contributed by atoms with E-state index in [0.29, 0.717) is 16.8 Å². The molecular weight excluding hydrogens is 371 g/mol. The van der Waals surface area contributed by atoms with Gasteiger partial charge in [0.1, 0.15) is 0 Å². The number of rotatable bonds is 3. The highest BCUT2D eigenvalue weighted by atomic mass is 127. The number of carbonyl (C=O) groups is 1. The SMILES string of the molecule is Cc1cc([N+](=O)[O-])ccc1C(=O)Nc1cccc(I)c1. The third-order valence-corrected chi connectivity index (χ3v) is 3.42. The van der Waals surface area contributed by atoms with E-state index in [-0.39, 0.29) is 11.6 Å². The summed E-state index contributed by atoms with van der Waals surface area (Å²) in [5.74, 6) is -0.278. The van der Waals surface area contributed by atoms with Gasteiger partial charge in [-0.25, -0.2) is 0 Å². The van der Waals surface area contributed by atoms with E-state index in [1.54, 1.807) is 13.0 Å². The molecule has 0 unspecified atom stereocenters. The lowest BCUT2D eigenvalue weighted by molar-refractivity contribution is -0.384. The summed E-state index contributed by atoms with van der Waals surface area (Å²) in [6, 6.07) is 11.6. The summed E-state index contributed by atoms with van der Waals surface area (Å²) in [4.78, 5) is 22.3. The Morgan fingerprint density at radius 1 is 1.25 bits per heavy atom. The molecule has 1 N–H and O–H groups in total. The highest BCUT2D eigenvalue weighted by molar-refractivity contribution is 14.1. The number of aryl methyl sites for hydroxylation is 1. The molecule has 0 heterocycles. The van der Waals surface area contributed by atoms with Gasteiger partial charge in [0.15, 0.2) is 0 Å². The molecule has 20 heavy (non-hydrogen) atoms. The van der Waals surface area contributed by atoms with Gasteiger partial charge < -0.3 is 5.32 Å². The Morgan fingerprint density at radius 2 is 2.00 bits per heavy atom. The molecule has 2 rings (SSSR count). The lowest BCUT2D eigenvalue weighted by atomic mass is 10.1. The van der Waals surface area contributed by atoms with Crippen molar-refractivity contribution in [3.63, 3.8) is 0 Å². The Labute approximate surface area is 129 Å². The first-order valence-corrected chi connectivity index (χ1v) is 6.87. The Kier molecular flexibility index (Phi) is 4.33. The maximum atomic E-state index is 12.1. The van der Waals surface area contributed by atoms with Crippen molar-refractivity contribution >= 4 is 39.9 Å². The van der Waals surface area contributed by atoms with Gasteiger partial charge in [-0.15, -0.1) is 0 Å². The van der Waals surface area contributed by atoms with Gasteiger partial charge in [-0.05, 0) is 59.3 Å². The number of benzene rings is 2. The van der Waals surface area contributed by atoms with Gasteiger partial charge >= 0.3 is 0 Å². The third kappa shape index (κ3) is 3.32. The van der Waals surface area contributed by atoms with E-state index in [4.69, 9.17) is 0 Å². The van der Waals surface area contributed by atoms with Crippen LogP contribution in [0.15, 0.2) is 42.5 Å². The lowest BCUT2D eigenvalue weighted by Gasteiger charge is -2.08. The molecule has 0 aliphatic rings. The Bertz CT molecular complexity index is 686. The van der Waals surface area contributed by atoms with Gasteiger partial charge in [0.25, 0.3) is 11.6 Å². The van der Waals surface area contributed by atoms with Gasteiger partial charge in [-0.3, -0.25) is 14.9 Å². The number of nitrogens with zero attached hydrogens (tertiary/aromatic N) is 1. The standard InChI is InChI=1S/C14H11IN2O3/c1-9-7-12(17(19)20)5-6-13(9)14(18)16-11-4-2-3-10(15)8-11/h2-8H,1H3,(H,16,18). The van der Waals surface area contributed by atoms with Crippen LogP contribution in [-0.4, -0.2) is 10.8 Å². The van der Waals surface area contributed by atoms with Crippen LogP contribution in [0.2, 0.25) is 0 Å². The molecule has 0 saturated carbocycles. The first-order chi connectivity index (χ1) is 9.47. The number of amides is 1. The van der Waals surface area contributed by atoms with Crippen molar-refractivity contribution in [1.82, 2.24) is 0 Å². The van der Waals surface area contributed by atoms with Crippen molar-refractivity contribution in [2.45, 2.75) is 6.92 Å². The Balaban J connectivity index is 2.23. The third-order valence-electron chi connectivity index (χ3n) is 2.75. The molecule has 0 atom stereocenters. The van der Waals surface area contributed by atoms with E-state index in [9.17, 15) is 14.9 Å². The van der Waals surface area contributed by atoms with E-state index in [2.05, 4.69) is 27.9 Å². The monoisotopic (exact) mass is 382 g/mol. The predicted octanol–water partition coefficient (Wildman–Crippen LogP) is 3.76. The molecule has 0 radical (unpaired) electrons. The molecule has 0 aromatic heterocycles. The number of non-ortho nitro benzene ring substituents is 1. The zero-order valence-corrected chi connectivity index (χ0v) is 12.7. The van der Waals surface area contributed by atoms with E-state index < -0.39 is 4.92 Å². The van der Waals surface area contributed by atoms with E-state index in [1.807, 2.05) is 18.2 Å². The van der Waals surface area contributed by atoms with Crippen LogP contribution in [0.1, 0.15) is 15.9 Å². The van der Waals surface area contributed by atoms with Gasteiger partial charge in [-0.1, -0.05) is 6.07 Å². The second-order valence-electron chi connectivity index (χ2n) is 4.22. The smallest absolute Gasteiger partial charge is 0.269 e. The maximum Gasteiger partial charge on any atom is 0.269 e. The van der Waals surface area contributed by atoms with Crippen LogP contribution in [-0.2, 0) is 0 Å². The average Bonchev–Trinajstić information content (AvgIpc) is 2.38. The molecule has 0 spiro atoms. The minimum Gasteiger partial charge on any atom is -0.322 e. The van der Waals surface area contributed by atoms with Crippen LogP contribution in [0.4, 0.5) is 11.4 Å². The number of anilines is 1. The van der Waals surface area contributed by atoms with Gasteiger partial charge in [0.2, 0.25) is 0 Å². The number of hydrogen-bond acceptors (Lipinski definition) is 3. The molecule has 0 aliphatic heterocycles. The highest BCUT2D eigenvalue weighted by Gasteiger charge is 2.13. The molecule has 5 nitrogen and oxygen atoms in total. The summed E-state index contributed by atoms with van der Waals surface area (Å²) in [6.45, 7) is 1.68. The van der Waals surface area contributed by atoms with Crippen LogP contribution in [0, 0.1) is 20.6 Å². The van der Waals surface area contributed by atoms with Crippen molar-refractivity contribution in [2.24, 2.45) is 0 Å². The van der Waals surface area contributed by atoms with Crippen molar-refractivity contribution < 1.29 is 9.72 Å². The molecule has 2 aromatic carbocycles.